The van der Waals surface area contributed by atoms with E-state index in [1.54, 1.807) is 11.1 Å². The van der Waals surface area contributed by atoms with Crippen molar-refractivity contribution in [3.8, 4) is 0 Å². The number of aryl methyl sites for hydroxylation is 1. The van der Waals surface area contributed by atoms with Gasteiger partial charge in [-0.2, -0.15) is 0 Å². The molecule has 8 heteroatoms. The van der Waals surface area contributed by atoms with E-state index in [9.17, 15) is 9.59 Å². The topological polar surface area (TPSA) is 95.5 Å². The van der Waals surface area contributed by atoms with Crippen LogP contribution in [0.2, 0.25) is 0 Å². The van der Waals surface area contributed by atoms with Crippen molar-refractivity contribution >= 4 is 23.0 Å². The van der Waals surface area contributed by atoms with E-state index < -0.39 is 0 Å². The fourth-order valence-electron chi connectivity index (χ4n) is 2.82. The smallest absolute Gasteiger partial charge is 0.410 e. The number of nitrogens with one attached hydrogen (secondary N) is 1. The van der Waals surface area contributed by atoms with Crippen LogP contribution >= 0.6 is 11.8 Å². The summed E-state index contributed by atoms with van der Waals surface area (Å²) < 4.78 is 5.15. The van der Waals surface area contributed by atoms with Gasteiger partial charge in [0.25, 0.3) is 0 Å². The maximum Gasteiger partial charge on any atom is 0.410 e. The molecule has 0 saturated carbocycles. The van der Waals surface area contributed by atoms with E-state index in [-0.39, 0.29) is 35.7 Å². The van der Waals surface area contributed by atoms with Crippen LogP contribution in [-0.4, -0.2) is 55.6 Å². The molecule has 2 rings (SSSR count). The van der Waals surface area contributed by atoms with Crippen LogP contribution in [0.5, 0.6) is 0 Å². The van der Waals surface area contributed by atoms with Gasteiger partial charge in [-0.1, -0.05) is 24.4 Å². The Morgan fingerprint density at radius 1 is 1.62 bits per heavy atom. The van der Waals surface area contributed by atoms with Crippen molar-refractivity contribution in [3.63, 3.8) is 0 Å². The molecule has 1 aliphatic rings. The third-order valence-electron chi connectivity index (χ3n) is 3.83. The zero-order valence-corrected chi connectivity index (χ0v) is 14.6. The highest BCUT2D eigenvalue weighted by molar-refractivity contribution is 8.14. The van der Waals surface area contributed by atoms with Crippen molar-refractivity contribution in [1.82, 2.24) is 14.9 Å². The molecule has 0 aromatic carbocycles. The van der Waals surface area contributed by atoms with Crippen molar-refractivity contribution in [2.75, 3.05) is 13.2 Å². The second-order valence-corrected chi connectivity index (χ2v) is 7.17. The molecule has 7 nitrogen and oxygen atoms in total. The lowest BCUT2D eigenvalue weighted by atomic mass is 10.1. The summed E-state index contributed by atoms with van der Waals surface area (Å²) in [6, 6.07) is 0.00171. The van der Waals surface area contributed by atoms with Crippen molar-refractivity contribution in [2.24, 2.45) is 0 Å². The van der Waals surface area contributed by atoms with Crippen molar-refractivity contribution in [2.45, 2.75) is 44.1 Å². The molecule has 0 spiro atoms. The highest BCUT2D eigenvalue weighted by atomic mass is 32.2. The Bertz CT molecular complexity index is 590. The lowest BCUT2D eigenvalue weighted by molar-refractivity contribution is -0.109. The number of amides is 1. The van der Waals surface area contributed by atoms with Crippen LogP contribution in [0.25, 0.3) is 0 Å². The summed E-state index contributed by atoms with van der Waals surface area (Å²) in [6.07, 6.45) is 4.89. The number of H-pyrrole nitrogens is 1. The van der Waals surface area contributed by atoms with E-state index in [0.29, 0.717) is 18.7 Å². The predicted molar refractivity (Wildman–Crippen MR) is 91.5 cm³/mol. The number of likely N-dealkylation sites (tertiary alicyclic amines) is 1. The third-order valence-corrected chi connectivity index (χ3v) is 4.84. The molecule has 0 radical (unpaired) electrons. The number of carbonyl (C=O) groups is 2. The third kappa shape index (κ3) is 5.10. The molecule has 1 aromatic heterocycles. The zero-order chi connectivity index (χ0) is 17.5. The minimum atomic E-state index is -0.373. The number of hydrogen-bond acceptors (Lipinski definition) is 6. The number of carbonyl (C=O) groups excluding carboxylic acids is 2. The van der Waals surface area contributed by atoms with Gasteiger partial charge in [0.1, 0.15) is 12.4 Å². The summed E-state index contributed by atoms with van der Waals surface area (Å²) in [4.78, 5) is 32.5. The van der Waals surface area contributed by atoms with E-state index in [0.717, 1.165) is 18.7 Å². The van der Waals surface area contributed by atoms with Gasteiger partial charge in [0.15, 0.2) is 5.12 Å². The summed E-state index contributed by atoms with van der Waals surface area (Å²) in [6.45, 7) is 5.68. The molecule has 132 valence electrons. The highest BCUT2D eigenvalue weighted by Crippen LogP contribution is 2.30. The largest absolute Gasteiger partial charge is 0.445 e. The summed E-state index contributed by atoms with van der Waals surface area (Å²) >= 11 is 1.28. The molecule has 1 aliphatic heterocycles. The molecular weight excluding hydrogens is 330 g/mol. The van der Waals surface area contributed by atoms with Crippen molar-refractivity contribution in [1.29, 1.82) is 0 Å². The lowest BCUT2D eigenvalue weighted by Gasteiger charge is -2.23. The highest BCUT2D eigenvalue weighted by Gasteiger charge is 2.36. The summed E-state index contributed by atoms with van der Waals surface area (Å²) in [5.41, 5.74) is 0.670. The second-order valence-electron chi connectivity index (χ2n) is 5.69. The minimum Gasteiger partial charge on any atom is -0.445 e. The number of nitrogens with zero attached hydrogens (tertiary/aromatic N) is 2. The standard InChI is InChI=1S/C16H23N3O4S/c1-3-6-23-16(22)19-9-14(24-11(2)21)7-13(19)4-5-15-17-8-12(10-20)18-15/h3,8,13-14,20H,1,4-7,9-10H2,2H3,(H,17,18). The number of ether oxygens (including phenoxy) is 1. The average molecular weight is 353 g/mol. The summed E-state index contributed by atoms with van der Waals surface area (Å²) in [7, 11) is 0. The summed E-state index contributed by atoms with van der Waals surface area (Å²) in [5, 5.41) is 9.21. The molecule has 2 heterocycles. The first-order chi connectivity index (χ1) is 11.5. The van der Waals surface area contributed by atoms with Crippen molar-refractivity contribution < 1.29 is 19.4 Å². The molecule has 0 aliphatic carbocycles. The van der Waals surface area contributed by atoms with E-state index in [1.165, 1.54) is 24.8 Å². The van der Waals surface area contributed by atoms with Gasteiger partial charge in [0, 0.05) is 31.2 Å². The fraction of sp³-hybridized carbons (Fsp3) is 0.562. The summed E-state index contributed by atoms with van der Waals surface area (Å²) in [5.74, 6) is 0.779. The Balaban J connectivity index is 1.97. The minimum absolute atomic E-state index is 0.00171. The van der Waals surface area contributed by atoms with Gasteiger partial charge in [0.2, 0.25) is 0 Å². The van der Waals surface area contributed by atoms with Crippen LogP contribution in [0.1, 0.15) is 31.3 Å². The van der Waals surface area contributed by atoms with Gasteiger partial charge >= 0.3 is 6.09 Å². The van der Waals surface area contributed by atoms with Gasteiger partial charge in [-0.05, 0) is 12.8 Å². The lowest BCUT2D eigenvalue weighted by Crippen LogP contribution is -2.36. The number of thioether (sulfide) groups is 1. The second kappa shape index (κ2) is 8.89. The Morgan fingerprint density at radius 2 is 2.42 bits per heavy atom. The van der Waals surface area contributed by atoms with Gasteiger partial charge < -0.3 is 19.7 Å². The van der Waals surface area contributed by atoms with Crippen LogP contribution < -0.4 is 0 Å². The maximum absolute atomic E-state index is 12.2. The maximum atomic E-state index is 12.2. The first kappa shape index (κ1) is 18.5. The molecule has 1 aromatic rings. The number of hydrogen-bond donors (Lipinski definition) is 2. The fourth-order valence-corrected chi connectivity index (χ4v) is 3.84. The van der Waals surface area contributed by atoms with E-state index in [1.807, 2.05) is 0 Å². The Hall–Kier alpha value is -1.80. The van der Waals surface area contributed by atoms with E-state index in [4.69, 9.17) is 9.84 Å². The molecule has 0 bridgehead atoms. The molecular formula is C16H23N3O4S. The molecule has 1 saturated heterocycles. The Labute approximate surface area is 145 Å². The van der Waals surface area contributed by atoms with Gasteiger partial charge in [-0.25, -0.2) is 9.78 Å². The quantitative estimate of drug-likeness (QED) is 0.727. The van der Waals surface area contributed by atoms with Gasteiger partial charge in [-0.15, -0.1) is 0 Å². The number of aromatic amines is 1. The number of aromatic nitrogens is 2. The average Bonchev–Trinajstić information content (AvgIpc) is 3.16. The molecule has 24 heavy (non-hydrogen) atoms. The Kier molecular flexibility index (Phi) is 6.86. The SMILES string of the molecule is C=CCOC(=O)N1CC(SC(C)=O)CC1CCc1ncc(CO)[nH]1. The van der Waals surface area contributed by atoms with E-state index >= 15 is 0 Å². The molecule has 2 atom stereocenters. The van der Waals surface area contributed by atoms with Crippen molar-refractivity contribution in [3.05, 3.63) is 30.4 Å². The van der Waals surface area contributed by atoms with Crippen LogP contribution in [0, 0.1) is 0 Å². The predicted octanol–water partition coefficient (Wildman–Crippen LogP) is 1.88. The number of aliphatic hydroxyl groups excluding tert-OH is 1. The van der Waals surface area contributed by atoms with Gasteiger partial charge in [0.05, 0.1) is 18.5 Å². The molecule has 1 fully saturated rings. The normalized spacial score (nSPS) is 20.2. The van der Waals surface area contributed by atoms with Gasteiger partial charge in [-0.3, -0.25) is 4.79 Å². The molecule has 2 unspecified atom stereocenters. The van der Waals surface area contributed by atoms with Crippen LogP contribution in [0.4, 0.5) is 4.79 Å². The number of aliphatic hydroxyl groups is 1. The van der Waals surface area contributed by atoms with E-state index in [2.05, 4.69) is 16.5 Å². The first-order valence-electron chi connectivity index (χ1n) is 7.88. The number of imidazole rings is 1. The van der Waals surface area contributed by atoms with Crippen LogP contribution in [0.15, 0.2) is 18.9 Å². The van der Waals surface area contributed by atoms with Crippen LogP contribution in [0.3, 0.4) is 0 Å². The van der Waals surface area contributed by atoms with Crippen LogP contribution in [-0.2, 0) is 22.6 Å². The molecule has 2 N–H and O–H groups in total. The molecule has 1 amide bonds. The monoisotopic (exact) mass is 353 g/mol. The Morgan fingerprint density at radius 3 is 3.04 bits per heavy atom. The first-order valence-corrected chi connectivity index (χ1v) is 8.76. The zero-order valence-electron chi connectivity index (χ0n) is 13.7. The number of rotatable bonds is 7.